The second-order valence-electron chi connectivity index (χ2n) is 5.23. The van der Waals surface area contributed by atoms with E-state index in [1.807, 2.05) is 0 Å². The molecule has 82 valence electrons. The zero-order valence-electron chi connectivity index (χ0n) is 9.41. The SMILES string of the molecule is CN(CC1CCCCC1N)C1CCC1. The summed E-state index contributed by atoms with van der Waals surface area (Å²) in [5.74, 6) is 0.773. The fourth-order valence-electron chi connectivity index (χ4n) is 2.81. The number of nitrogens with two attached hydrogens (primary N) is 1. The first-order valence-corrected chi connectivity index (χ1v) is 6.23. The molecule has 14 heavy (non-hydrogen) atoms. The van der Waals surface area contributed by atoms with E-state index >= 15 is 0 Å². The molecular weight excluding hydrogens is 172 g/mol. The maximum atomic E-state index is 6.16. The topological polar surface area (TPSA) is 29.3 Å². The largest absolute Gasteiger partial charge is 0.327 e. The van der Waals surface area contributed by atoms with Gasteiger partial charge in [0.15, 0.2) is 0 Å². The highest BCUT2D eigenvalue weighted by atomic mass is 15.1. The Morgan fingerprint density at radius 1 is 1.07 bits per heavy atom. The summed E-state index contributed by atoms with van der Waals surface area (Å²) in [6.07, 6.45) is 9.63. The van der Waals surface area contributed by atoms with E-state index in [1.54, 1.807) is 0 Å². The van der Waals surface area contributed by atoms with Gasteiger partial charge < -0.3 is 10.6 Å². The minimum atomic E-state index is 0.478. The highest BCUT2D eigenvalue weighted by molar-refractivity contribution is 4.84. The van der Waals surface area contributed by atoms with Crippen LogP contribution in [0.2, 0.25) is 0 Å². The summed E-state index contributed by atoms with van der Waals surface area (Å²) in [5, 5.41) is 0. The standard InChI is InChI=1S/C12H24N2/c1-14(11-6-4-7-11)9-10-5-2-3-8-12(10)13/h10-12H,2-9,13H2,1H3. The van der Waals surface area contributed by atoms with E-state index in [0.29, 0.717) is 6.04 Å². The summed E-state index contributed by atoms with van der Waals surface area (Å²) < 4.78 is 0. The number of nitrogens with zero attached hydrogens (tertiary/aromatic N) is 1. The van der Waals surface area contributed by atoms with Gasteiger partial charge >= 0.3 is 0 Å². The number of hydrogen-bond donors (Lipinski definition) is 1. The van der Waals surface area contributed by atoms with Gasteiger partial charge in [0.1, 0.15) is 0 Å². The summed E-state index contributed by atoms with van der Waals surface area (Å²) in [5.41, 5.74) is 6.16. The molecule has 0 bridgehead atoms. The van der Waals surface area contributed by atoms with Crippen LogP contribution in [-0.2, 0) is 0 Å². The third-order valence-corrected chi connectivity index (χ3v) is 4.19. The molecule has 2 nitrogen and oxygen atoms in total. The lowest BCUT2D eigenvalue weighted by Gasteiger charge is -2.39. The Balaban J connectivity index is 1.76. The van der Waals surface area contributed by atoms with Gasteiger partial charge in [-0.15, -0.1) is 0 Å². The van der Waals surface area contributed by atoms with Gasteiger partial charge in [-0.2, -0.15) is 0 Å². The van der Waals surface area contributed by atoms with Crippen LogP contribution in [0.25, 0.3) is 0 Å². The van der Waals surface area contributed by atoms with Gasteiger partial charge in [-0.3, -0.25) is 0 Å². The summed E-state index contributed by atoms with van der Waals surface area (Å²) in [4.78, 5) is 2.55. The summed E-state index contributed by atoms with van der Waals surface area (Å²) >= 11 is 0. The zero-order chi connectivity index (χ0) is 9.97. The molecule has 2 N–H and O–H groups in total. The van der Waals surface area contributed by atoms with Crippen molar-refractivity contribution in [1.82, 2.24) is 4.90 Å². The molecule has 0 spiro atoms. The van der Waals surface area contributed by atoms with Crippen molar-refractivity contribution in [3.63, 3.8) is 0 Å². The predicted molar refractivity (Wildman–Crippen MR) is 60.2 cm³/mol. The fraction of sp³-hybridized carbons (Fsp3) is 1.00. The van der Waals surface area contributed by atoms with Crippen LogP contribution in [0.4, 0.5) is 0 Å². The first-order valence-electron chi connectivity index (χ1n) is 6.23. The van der Waals surface area contributed by atoms with E-state index < -0.39 is 0 Å². The molecule has 0 saturated heterocycles. The Labute approximate surface area is 87.8 Å². The first kappa shape index (κ1) is 10.4. The molecule has 0 amide bonds. The van der Waals surface area contributed by atoms with Crippen molar-refractivity contribution >= 4 is 0 Å². The van der Waals surface area contributed by atoms with Crippen LogP contribution in [0.1, 0.15) is 44.9 Å². The molecule has 2 saturated carbocycles. The third-order valence-electron chi connectivity index (χ3n) is 4.19. The van der Waals surface area contributed by atoms with Crippen LogP contribution < -0.4 is 5.73 Å². The van der Waals surface area contributed by atoms with Gasteiger partial charge in [-0.1, -0.05) is 19.3 Å². The molecule has 0 aromatic carbocycles. The number of hydrogen-bond acceptors (Lipinski definition) is 2. The Morgan fingerprint density at radius 3 is 2.36 bits per heavy atom. The van der Waals surface area contributed by atoms with Gasteiger partial charge in [-0.25, -0.2) is 0 Å². The van der Waals surface area contributed by atoms with Crippen LogP contribution >= 0.6 is 0 Å². The average Bonchev–Trinajstić information content (AvgIpc) is 2.05. The monoisotopic (exact) mass is 196 g/mol. The van der Waals surface area contributed by atoms with Crippen molar-refractivity contribution < 1.29 is 0 Å². The average molecular weight is 196 g/mol. The third kappa shape index (κ3) is 2.29. The molecule has 2 unspecified atom stereocenters. The zero-order valence-corrected chi connectivity index (χ0v) is 9.41. The molecule has 2 aliphatic carbocycles. The molecule has 0 aromatic rings. The molecule has 2 aliphatic rings. The van der Waals surface area contributed by atoms with Crippen molar-refractivity contribution in [2.75, 3.05) is 13.6 Å². The van der Waals surface area contributed by atoms with Crippen molar-refractivity contribution in [3.05, 3.63) is 0 Å². The van der Waals surface area contributed by atoms with Crippen LogP contribution in [0.3, 0.4) is 0 Å². The minimum Gasteiger partial charge on any atom is -0.327 e. The van der Waals surface area contributed by atoms with Gasteiger partial charge in [0, 0.05) is 18.6 Å². The smallest absolute Gasteiger partial charge is 0.00923 e. The second kappa shape index (κ2) is 4.63. The van der Waals surface area contributed by atoms with Crippen LogP contribution in [0, 0.1) is 5.92 Å². The number of rotatable bonds is 3. The maximum absolute atomic E-state index is 6.16. The van der Waals surface area contributed by atoms with Gasteiger partial charge in [0.2, 0.25) is 0 Å². The Morgan fingerprint density at radius 2 is 1.79 bits per heavy atom. The highest BCUT2D eigenvalue weighted by Crippen LogP contribution is 2.28. The van der Waals surface area contributed by atoms with Crippen LogP contribution in [0.15, 0.2) is 0 Å². The van der Waals surface area contributed by atoms with E-state index in [4.69, 9.17) is 5.73 Å². The van der Waals surface area contributed by atoms with Crippen molar-refractivity contribution in [2.24, 2.45) is 11.7 Å². The molecule has 2 heteroatoms. The molecule has 0 aromatic heterocycles. The Bertz CT molecular complexity index is 177. The van der Waals surface area contributed by atoms with E-state index in [1.165, 1.54) is 51.5 Å². The van der Waals surface area contributed by atoms with Gasteiger partial charge in [0.05, 0.1) is 0 Å². The highest BCUT2D eigenvalue weighted by Gasteiger charge is 2.27. The molecular formula is C12H24N2. The van der Waals surface area contributed by atoms with Crippen molar-refractivity contribution in [1.29, 1.82) is 0 Å². The van der Waals surface area contributed by atoms with Crippen molar-refractivity contribution in [3.8, 4) is 0 Å². The van der Waals surface area contributed by atoms with Crippen LogP contribution in [0.5, 0.6) is 0 Å². The summed E-state index contributed by atoms with van der Waals surface area (Å²) in [7, 11) is 2.28. The molecule has 2 atom stereocenters. The molecule has 0 radical (unpaired) electrons. The fourth-order valence-corrected chi connectivity index (χ4v) is 2.81. The molecule has 0 aliphatic heterocycles. The van der Waals surface area contributed by atoms with Crippen LogP contribution in [-0.4, -0.2) is 30.6 Å². The first-order chi connectivity index (χ1) is 6.77. The Hall–Kier alpha value is -0.0800. The van der Waals surface area contributed by atoms with Gasteiger partial charge in [0.25, 0.3) is 0 Å². The van der Waals surface area contributed by atoms with E-state index in [9.17, 15) is 0 Å². The molecule has 2 rings (SSSR count). The van der Waals surface area contributed by atoms with Gasteiger partial charge in [-0.05, 0) is 38.6 Å². The molecule has 2 fully saturated rings. The summed E-state index contributed by atoms with van der Waals surface area (Å²) in [6, 6.07) is 1.36. The maximum Gasteiger partial charge on any atom is 0.00923 e. The lowest BCUT2D eigenvalue weighted by atomic mass is 9.83. The minimum absolute atomic E-state index is 0.478. The quantitative estimate of drug-likeness (QED) is 0.748. The lowest BCUT2D eigenvalue weighted by molar-refractivity contribution is 0.118. The van der Waals surface area contributed by atoms with Crippen molar-refractivity contribution in [2.45, 2.75) is 57.0 Å². The molecule has 0 heterocycles. The normalized spacial score (nSPS) is 34.5. The second-order valence-corrected chi connectivity index (χ2v) is 5.23. The lowest BCUT2D eigenvalue weighted by Crippen LogP contribution is -2.45. The van der Waals surface area contributed by atoms with E-state index in [2.05, 4.69) is 11.9 Å². The predicted octanol–water partition coefficient (Wildman–Crippen LogP) is 1.99. The van der Waals surface area contributed by atoms with E-state index in [-0.39, 0.29) is 0 Å². The van der Waals surface area contributed by atoms with E-state index in [0.717, 1.165) is 12.0 Å². The Kier molecular flexibility index (Phi) is 3.45. The summed E-state index contributed by atoms with van der Waals surface area (Å²) in [6.45, 7) is 1.24.